The van der Waals surface area contributed by atoms with Crippen molar-refractivity contribution in [2.45, 2.75) is 322 Å². The molecule has 3 N–H and O–H groups in total. The Bertz CT molecular complexity index is 997. The molecule has 0 aliphatic carbocycles. The highest BCUT2D eigenvalue weighted by molar-refractivity contribution is 5.77. The number of hydrogen-bond donors (Lipinski definition) is 3. The summed E-state index contributed by atoms with van der Waals surface area (Å²) in [7, 11) is 0. The maximum atomic E-state index is 13.2. The van der Waals surface area contributed by atoms with Gasteiger partial charge in [0.05, 0.1) is 25.2 Å². The van der Waals surface area contributed by atoms with Crippen LogP contribution in [0.25, 0.3) is 0 Å². The van der Waals surface area contributed by atoms with Crippen LogP contribution in [0.1, 0.15) is 303 Å². The van der Waals surface area contributed by atoms with Gasteiger partial charge < -0.3 is 20.3 Å². The Labute approximate surface area is 392 Å². The molecule has 0 aliphatic heterocycles. The first-order valence-electron chi connectivity index (χ1n) is 28.1. The molecule has 372 valence electrons. The number of esters is 1. The van der Waals surface area contributed by atoms with Crippen LogP contribution in [0.5, 0.6) is 0 Å². The molecule has 6 nitrogen and oxygen atoms in total. The molecule has 0 bridgehead atoms. The minimum Gasteiger partial charge on any atom is -0.462 e. The lowest BCUT2D eigenvalue weighted by Crippen LogP contribution is -2.46. The summed E-state index contributed by atoms with van der Waals surface area (Å²) >= 11 is 0. The molecular weight excluding hydrogens is 779 g/mol. The van der Waals surface area contributed by atoms with Crippen molar-refractivity contribution in [3.63, 3.8) is 0 Å². The zero-order valence-corrected chi connectivity index (χ0v) is 42.5. The Balaban J connectivity index is 4.55. The molecule has 0 aromatic heterocycles. The van der Waals surface area contributed by atoms with Crippen molar-refractivity contribution in [2.75, 3.05) is 6.61 Å². The standard InChI is InChI=1S/C57H109NO5/c1-4-7-10-13-16-19-22-25-27-29-32-34-37-40-43-46-49-55(60)54(52-59)58-56(61)51-53(48-45-42-39-36-33-31-28-26-23-20-17-14-11-8-5-2)63-57(62)50-47-44-41-38-35-30-24-21-18-15-12-9-6-3/h30,35,41,44,53-55,59-60H,4-29,31-34,36-40,42-43,45-52H2,1-3H3,(H,58,61)/b35-30-,44-41+. The fourth-order valence-corrected chi connectivity index (χ4v) is 8.78. The number of aliphatic hydroxyl groups excluding tert-OH is 2. The van der Waals surface area contributed by atoms with E-state index >= 15 is 0 Å². The van der Waals surface area contributed by atoms with E-state index in [-0.39, 0.29) is 24.9 Å². The first-order valence-corrected chi connectivity index (χ1v) is 28.1. The number of carbonyl (C=O) groups excluding carboxylic acids is 2. The maximum absolute atomic E-state index is 13.2. The Kier molecular flexibility index (Phi) is 50.0. The Morgan fingerprint density at radius 1 is 0.460 bits per heavy atom. The molecular formula is C57H109NO5. The second-order valence-electron chi connectivity index (χ2n) is 19.3. The smallest absolute Gasteiger partial charge is 0.306 e. The summed E-state index contributed by atoms with van der Waals surface area (Å²) in [5.74, 6) is -0.536. The van der Waals surface area contributed by atoms with Crippen molar-refractivity contribution in [1.82, 2.24) is 5.32 Å². The van der Waals surface area contributed by atoms with Crippen LogP contribution in [0.2, 0.25) is 0 Å². The van der Waals surface area contributed by atoms with Crippen LogP contribution in [0, 0.1) is 0 Å². The molecule has 0 rings (SSSR count). The largest absolute Gasteiger partial charge is 0.462 e. The third-order valence-electron chi connectivity index (χ3n) is 13.0. The topological polar surface area (TPSA) is 95.9 Å². The highest BCUT2D eigenvalue weighted by Gasteiger charge is 2.24. The van der Waals surface area contributed by atoms with Gasteiger partial charge in [-0.05, 0) is 44.9 Å². The minimum atomic E-state index is -0.792. The molecule has 0 heterocycles. The molecule has 3 unspecified atom stereocenters. The summed E-state index contributed by atoms with van der Waals surface area (Å²) in [6.45, 7) is 6.50. The van der Waals surface area contributed by atoms with E-state index in [0.29, 0.717) is 25.7 Å². The van der Waals surface area contributed by atoms with Gasteiger partial charge in [-0.3, -0.25) is 9.59 Å². The number of amides is 1. The van der Waals surface area contributed by atoms with Crippen LogP contribution >= 0.6 is 0 Å². The minimum absolute atomic E-state index is 0.0614. The lowest BCUT2D eigenvalue weighted by Gasteiger charge is -2.24. The van der Waals surface area contributed by atoms with E-state index < -0.39 is 18.2 Å². The van der Waals surface area contributed by atoms with Gasteiger partial charge in [-0.2, -0.15) is 0 Å². The molecule has 0 saturated heterocycles. The van der Waals surface area contributed by atoms with E-state index in [1.165, 1.54) is 212 Å². The van der Waals surface area contributed by atoms with Gasteiger partial charge in [0.25, 0.3) is 0 Å². The number of rotatable bonds is 51. The van der Waals surface area contributed by atoms with E-state index in [2.05, 4.69) is 50.4 Å². The summed E-state index contributed by atoms with van der Waals surface area (Å²) in [6, 6.07) is -0.707. The van der Waals surface area contributed by atoms with Gasteiger partial charge in [-0.15, -0.1) is 0 Å². The number of unbranched alkanes of at least 4 members (excludes halogenated alkanes) is 35. The number of nitrogens with one attached hydrogen (secondary N) is 1. The number of ether oxygens (including phenoxy) is 1. The van der Waals surface area contributed by atoms with Crippen LogP contribution in [0.15, 0.2) is 24.3 Å². The van der Waals surface area contributed by atoms with Crippen molar-refractivity contribution >= 4 is 11.9 Å². The van der Waals surface area contributed by atoms with Gasteiger partial charge >= 0.3 is 5.97 Å². The van der Waals surface area contributed by atoms with Gasteiger partial charge in [0.2, 0.25) is 5.91 Å². The number of hydrogen-bond acceptors (Lipinski definition) is 5. The van der Waals surface area contributed by atoms with E-state index in [9.17, 15) is 19.8 Å². The van der Waals surface area contributed by atoms with Gasteiger partial charge in [0.15, 0.2) is 0 Å². The van der Waals surface area contributed by atoms with Crippen LogP contribution in [-0.2, 0) is 14.3 Å². The average molecular weight is 889 g/mol. The molecule has 0 aromatic carbocycles. The quantitative estimate of drug-likeness (QED) is 0.0321. The summed E-state index contributed by atoms with van der Waals surface area (Å²) < 4.78 is 5.91. The second-order valence-corrected chi connectivity index (χ2v) is 19.3. The van der Waals surface area contributed by atoms with Gasteiger partial charge in [-0.1, -0.05) is 270 Å². The predicted molar refractivity (Wildman–Crippen MR) is 273 cm³/mol. The second kappa shape index (κ2) is 51.3. The fraction of sp³-hybridized carbons (Fsp3) is 0.895. The Morgan fingerprint density at radius 3 is 1.21 bits per heavy atom. The lowest BCUT2D eigenvalue weighted by molar-refractivity contribution is -0.150. The van der Waals surface area contributed by atoms with Crippen molar-refractivity contribution < 1.29 is 24.5 Å². The van der Waals surface area contributed by atoms with E-state index in [1.54, 1.807) is 0 Å². The molecule has 0 aliphatic rings. The van der Waals surface area contributed by atoms with E-state index in [0.717, 1.165) is 38.5 Å². The molecule has 0 spiro atoms. The number of aliphatic hydroxyl groups is 2. The number of allylic oxidation sites excluding steroid dienone is 4. The van der Waals surface area contributed by atoms with Crippen molar-refractivity contribution in [3.8, 4) is 0 Å². The van der Waals surface area contributed by atoms with Gasteiger partial charge in [0, 0.05) is 6.42 Å². The molecule has 1 amide bonds. The molecule has 0 fully saturated rings. The Hall–Kier alpha value is -1.66. The zero-order chi connectivity index (χ0) is 45.9. The SMILES string of the molecule is CCCCCCCC/C=C\C/C=C/CCC(=O)OC(CCCCCCCCCCCCCCCCC)CC(=O)NC(CO)C(O)CCCCCCCCCCCCCCCCCC. The number of carbonyl (C=O) groups is 2. The van der Waals surface area contributed by atoms with Crippen molar-refractivity contribution in [3.05, 3.63) is 24.3 Å². The molecule has 6 heteroatoms. The van der Waals surface area contributed by atoms with E-state index in [1.807, 2.05) is 0 Å². The van der Waals surface area contributed by atoms with Crippen LogP contribution in [-0.4, -0.2) is 46.9 Å². The lowest BCUT2D eigenvalue weighted by atomic mass is 10.0. The molecule has 3 atom stereocenters. The summed E-state index contributed by atoms with van der Waals surface area (Å²) in [6.07, 6.45) is 59.6. The monoisotopic (exact) mass is 888 g/mol. The van der Waals surface area contributed by atoms with Crippen LogP contribution in [0.4, 0.5) is 0 Å². The van der Waals surface area contributed by atoms with Crippen LogP contribution in [0.3, 0.4) is 0 Å². The molecule has 0 saturated carbocycles. The molecule has 0 aromatic rings. The van der Waals surface area contributed by atoms with Crippen molar-refractivity contribution in [1.29, 1.82) is 0 Å². The van der Waals surface area contributed by atoms with E-state index in [4.69, 9.17) is 4.74 Å². The first kappa shape index (κ1) is 61.3. The maximum Gasteiger partial charge on any atom is 0.306 e. The van der Waals surface area contributed by atoms with Crippen LogP contribution < -0.4 is 5.32 Å². The zero-order valence-electron chi connectivity index (χ0n) is 42.5. The van der Waals surface area contributed by atoms with Gasteiger partial charge in [-0.25, -0.2) is 0 Å². The highest BCUT2D eigenvalue weighted by atomic mass is 16.5. The molecule has 63 heavy (non-hydrogen) atoms. The summed E-state index contributed by atoms with van der Waals surface area (Å²) in [5, 5.41) is 23.8. The highest BCUT2D eigenvalue weighted by Crippen LogP contribution is 2.18. The van der Waals surface area contributed by atoms with Crippen molar-refractivity contribution in [2.24, 2.45) is 0 Å². The predicted octanol–water partition coefficient (Wildman–Crippen LogP) is 17.1. The third-order valence-corrected chi connectivity index (χ3v) is 13.0. The summed E-state index contributed by atoms with van der Waals surface area (Å²) in [4.78, 5) is 26.2. The first-order chi connectivity index (χ1) is 31.0. The third kappa shape index (κ3) is 46.7. The average Bonchev–Trinajstić information content (AvgIpc) is 3.28. The fourth-order valence-electron chi connectivity index (χ4n) is 8.78. The summed E-state index contributed by atoms with van der Waals surface area (Å²) in [5.41, 5.74) is 0. The Morgan fingerprint density at radius 2 is 0.810 bits per heavy atom. The molecule has 0 radical (unpaired) electrons. The van der Waals surface area contributed by atoms with Gasteiger partial charge in [0.1, 0.15) is 6.10 Å². The normalized spacial score (nSPS) is 13.3.